The van der Waals surface area contributed by atoms with Gasteiger partial charge in [-0.25, -0.2) is 0 Å². The van der Waals surface area contributed by atoms with Crippen molar-refractivity contribution < 1.29 is 9.32 Å². The number of H-pyrrole nitrogens is 1. The fraction of sp³-hybridized carbons (Fsp3) is 0.467. The normalized spacial score (nSPS) is 15.6. The van der Waals surface area contributed by atoms with Crippen LogP contribution >= 0.6 is 0 Å². The zero-order valence-electron chi connectivity index (χ0n) is 12.2. The Bertz CT molecular complexity index is 701. The number of hydrogen-bond acceptors (Lipinski definition) is 5. The first-order valence-corrected chi connectivity index (χ1v) is 7.54. The quantitative estimate of drug-likeness (QED) is 0.895. The number of pyridine rings is 1. The van der Waals surface area contributed by atoms with E-state index in [1.807, 2.05) is 0 Å². The fourth-order valence-corrected chi connectivity index (χ4v) is 2.72. The number of amides is 1. The highest BCUT2D eigenvalue weighted by Crippen LogP contribution is 2.22. The third-order valence-electron chi connectivity index (χ3n) is 3.95. The van der Waals surface area contributed by atoms with Gasteiger partial charge in [0.25, 0.3) is 23.2 Å². The molecule has 1 aliphatic rings. The lowest BCUT2D eigenvalue weighted by atomic mass is 9.89. The molecular weight excluding hydrogens is 284 g/mol. The van der Waals surface area contributed by atoms with E-state index < -0.39 is 0 Å². The Morgan fingerprint density at radius 1 is 1.36 bits per heavy atom. The number of carbonyl (C=O) groups excluding carboxylic acids is 1. The molecule has 2 aromatic heterocycles. The Balaban J connectivity index is 1.64. The molecule has 0 atom stereocenters. The molecule has 116 valence electrons. The van der Waals surface area contributed by atoms with Crippen molar-refractivity contribution in [3.05, 3.63) is 34.5 Å². The molecule has 2 N–H and O–H groups in total. The first-order chi connectivity index (χ1) is 10.7. The van der Waals surface area contributed by atoms with Crippen LogP contribution in [0.1, 0.15) is 42.7 Å². The fourth-order valence-electron chi connectivity index (χ4n) is 2.72. The van der Waals surface area contributed by atoms with Gasteiger partial charge in [-0.1, -0.05) is 24.4 Å². The molecule has 2 heterocycles. The number of rotatable bonds is 4. The van der Waals surface area contributed by atoms with Crippen LogP contribution in [0.5, 0.6) is 0 Å². The van der Waals surface area contributed by atoms with Gasteiger partial charge in [-0.05, 0) is 30.9 Å². The summed E-state index contributed by atoms with van der Waals surface area (Å²) in [6.45, 7) is 0.634. The van der Waals surface area contributed by atoms with E-state index in [4.69, 9.17) is 4.52 Å². The van der Waals surface area contributed by atoms with Crippen molar-refractivity contribution in [3.8, 4) is 11.5 Å². The molecule has 1 amide bonds. The third kappa shape index (κ3) is 3.24. The van der Waals surface area contributed by atoms with E-state index >= 15 is 0 Å². The van der Waals surface area contributed by atoms with Gasteiger partial charge in [-0.15, -0.1) is 0 Å². The van der Waals surface area contributed by atoms with Gasteiger partial charge in [0.2, 0.25) is 0 Å². The van der Waals surface area contributed by atoms with Crippen LogP contribution in [-0.4, -0.2) is 27.6 Å². The van der Waals surface area contributed by atoms with Crippen molar-refractivity contribution in [3.63, 3.8) is 0 Å². The van der Waals surface area contributed by atoms with Gasteiger partial charge in [0.05, 0.1) is 0 Å². The average Bonchev–Trinajstić information content (AvgIpc) is 3.04. The van der Waals surface area contributed by atoms with Crippen molar-refractivity contribution in [2.75, 3.05) is 6.54 Å². The zero-order chi connectivity index (χ0) is 15.4. The Kier molecular flexibility index (Phi) is 4.32. The van der Waals surface area contributed by atoms with Crippen LogP contribution in [0.4, 0.5) is 0 Å². The Morgan fingerprint density at radius 2 is 2.18 bits per heavy atom. The molecule has 7 nitrogen and oxygen atoms in total. The van der Waals surface area contributed by atoms with Gasteiger partial charge in [0.1, 0.15) is 5.56 Å². The summed E-state index contributed by atoms with van der Waals surface area (Å²) in [5.41, 5.74) is -0.0818. The molecule has 1 fully saturated rings. The second kappa shape index (κ2) is 6.55. The van der Waals surface area contributed by atoms with E-state index in [0.29, 0.717) is 12.5 Å². The molecule has 0 bridgehead atoms. The van der Waals surface area contributed by atoms with Crippen molar-refractivity contribution in [2.45, 2.75) is 32.1 Å². The van der Waals surface area contributed by atoms with E-state index in [1.54, 1.807) is 12.1 Å². The third-order valence-corrected chi connectivity index (χ3v) is 3.95. The van der Waals surface area contributed by atoms with E-state index in [9.17, 15) is 9.59 Å². The highest BCUT2D eigenvalue weighted by Gasteiger charge is 2.19. The monoisotopic (exact) mass is 302 g/mol. The predicted octanol–water partition coefficient (Wildman–Crippen LogP) is 1.73. The van der Waals surface area contributed by atoms with Crippen LogP contribution in [0.25, 0.3) is 11.5 Å². The second-order valence-electron chi connectivity index (χ2n) is 5.55. The van der Waals surface area contributed by atoms with Crippen LogP contribution in [0.15, 0.2) is 27.6 Å². The molecule has 7 heteroatoms. The van der Waals surface area contributed by atoms with Gasteiger partial charge in [-0.2, -0.15) is 4.98 Å². The molecule has 1 aliphatic carbocycles. The lowest BCUT2D eigenvalue weighted by Gasteiger charge is -2.21. The number of nitrogens with one attached hydrogen (secondary N) is 2. The minimum absolute atomic E-state index is 0.0460. The minimum atomic E-state index is -0.368. The highest BCUT2D eigenvalue weighted by molar-refractivity contribution is 5.90. The van der Waals surface area contributed by atoms with Crippen LogP contribution in [0.2, 0.25) is 0 Å². The molecule has 3 rings (SSSR count). The average molecular weight is 302 g/mol. The van der Waals surface area contributed by atoms with E-state index in [2.05, 4.69) is 20.4 Å². The molecule has 22 heavy (non-hydrogen) atoms. The van der Waals surface area contributed by atoms with E-state index in [0.717, 1.165) is 12.8 Å². The maximum absolute atomic E-state index is 12.0. The first-order valence-electron chi connectivity index (χ1n) is 7.54. The smallest absolute Gasteiger partial charge is 0.292 e. The van der Waals surface area contributed by atoms with Crippen molar-refractivity contribution in [1.29, 1.82) is 0 Å². The summed E-state index contributed by atoms with van der Waals surface area (Å²) in [5.74, 6) is 0.160. The lowest BCUT2D eigenvalue weighted by Crippen LogP contribution is -2.30. The number of aromatic amines is 1. The van der Waals surface area contributed by atoms with Gasteiger partial charge in [0.15, 0.2) is 0 Å². The Hall–Kier alpha value is -2.44. The molecule has 0 saturated heterocycles. The van der Waals surface area contributed by atoms with Gasteiger partial charge in [-0.3, -0.25) is 9.59 Å². The van der Waals surface area contributed by atoms with Gasteiger partial charge in [0, 0.05) is 12.7 Å². The summed E-state index contributed by atoms with van der Waals surface area (Å²) in [4.78, 5) is 30.2. The predicted molar refractivity (Wildman–Crippen MR) is 79.3 cm³/mol. The SMILES string of the molecule is O=C(NCC1CCCCC1)c1noc(-c2ccc[nH]c2=O)n1. The first kappa shape index (κ1) is 14.5. The molecule has 1 saturated carbocycles. The summed E-state index contributed by atoms with van der Waals surface area (Å²) in [6.07, 6.45) is 7.55. The van der Waals surface area contributed by atoms with Crippen LogP contribution < -0.4 is 10.9 Å². The Morgan fingerprint density at radius 3 is 2.95 bits per heavy atom. The summed E-state index contributed by atoms with van der Waals surface area (Å²) in [7, 11) is 0. The summed E-state index contributed by atoms with van der Waals surface area (Å²) >= 11 is 0. The van der Waals surface area contributed by atoms with Crippen molar-refractivity contribution in [2.24, 2.45) is 5.92 Å². The maximum atomic E-state index is 12.0. The number of aromatic nitrogens is 3. The molecule has 2 aromatic rings. The largest absolute Gasteiger partial charge is 0.349 e. The summed E-state index contributed by atoms with van der Waals surface area (Å²) in [6, 6.07) is 3.22. The highest BCUT2D eigenvalue weighted by atomic mass is 16.5. The topological polar surface area (TPSA) is 101 Å². The standard InChI is InChI=1S/C15H18N4O3/c20-13-11(7-4-8-16-13)15-18-12(19-22-15)14(21)17-9-10-5-2-1-3-6-10/h4,7-8,10H,1-3,5-6,9H2,(H,16,20)(H,17,21). The second-order valence-corrected chi connectivity index (χ2v) is 5.55. The van der Waals surface area contributed by atoms with E-state index in [-0.39, 0.29) is 28.7 Å². The van der Waals surface area contributed by atoms with E-state index in [1.165, 1.54) is 25.5 Å². The summed E-state index contributed by atoms with van der Waals surface area (Å²) in [5, 5.41) is 6.48. The molecular formula is C15H18N4O3. The van der Waals surface area contributed by atoms with Crippen molar-refractivity contribution >= 4 is 5.91 Å². The number of nitrogens with zero attached hydrogens (tertiary/aromatic N) is 2. The zero-order valence-corrected chi connectivity index (χ0v) is 12.2. The van der Waals surface area contributed by atoms with Crippen molar-refractivity contribution in [1.82, 2.24) is 20.4 Å². The Labute approximate surface area is 127 Å². The lowest BCUT2D eigenvalue weighted by molar-refractivity contribution is 0.0930. The molecule has 0 radical (unpaired) electrons. The molecule has 0 spiro atoms. The van der Waals surface area contributed by atoms with Crippen LogP contribution in [-0.2, 0) is 0 Å². The van der Waals surface area contributed by atoms with Gasteiger partial charge < -0.3 is 14.8 Å². The molecule has 0 aliphatic heterocycles. The molecule has 0 unspecified atom stereocenters. The summed E-state index contributed by atoms with van der Waals surface area (Å²) < 4.78 is 5.00. The molecule has 0 aromatic carbocycles. The van der Waals surface area contributed by atoms with Crippen LogP contribution in [0, 0.1) is 5.92 Å². The van der Waals surface area contributed by atoms with Gasteiger partial charge >= 0.3 is 0 Å². The minimum Gasteiger partial charge on any atom is -0.349 e. The number of hydrogen-bond donors (Lipinski definition) is 2. The van der Waals surface area contributed by atoms with Crippen LogP contribution in [0.3, 0.4) is 0 Å². The maximum Gasteiger partial charge on any atom is 0.292 e. The number of carbonyl (C=O) groups is 1.